The highest BCUT2D eigenvalue weighted by molar-refractivity contribution is 7.95. The molecule has 0 aliphatic carbocycles. The summed E-state index contributed by atoms with van der Waals surface area (Å²) < 4.78 is 26.8. The third kappa shape index (κ3) is 6.60. The molecule has 1 amide bonds. The van der Waals surface area contributed by atoms with Gasteiger partial charge in [-0.2, -0.15) is 0 Å². The van der Waals surface area contributed by atoms with E-state index in [2.05, 4.69) is 10.2 Å². The van der Waals surface area contributed by atoms with Gasteiger partial charge < -0.3 is 0 Å². The Labute approximate surface area is 169 Å². The van der Waals surface area contributed by atoms with Crippen LogP contribution in [0.5, 0.6) is 0 Å². The molecule has 0 aromatic heterocycles. The van der Waals surface area contributed by atoms with Crippen molar-refractivity contribution in [1.29, 1.82) is 0 Å². The van der Waals surface area contributed by atoms with Gasteiger partial charge >= 0.3 is 0 Å². The van der Waals surface area contributed by atoms with Crippen molar-refractivity contribution in [2.45, 2.75) is 6.61 Å². The van der Waals surface area contributed by atoms with Crippen molar-refractivity contribution in [3.8, 4) is 0 Å². The maximum absolute atomic E-state index is 12.2. The van der Waals surface area contributed by atoms with Crippen molar-refractivity contribution in [1.82, 2.24) is 5.48 Å². The quantitative estimate of drug-likeness (QED) is 0.553. The third-order valence-corrected chi connectivity index (χ3v) is 4.91. The van der Waals surface area contributed by atoms with Gasteiger partial charge in [0.1, 0.15) is 0 Å². The molecular weight excluding hydrogens is 388 g/mol. The van der Waals surface area contributed by atoms with Gasteiger partial charge in [-0.1, -0.05) is 60.7 Å². The molecule has 0 unspecified atom stereocenters. The first kappa shape index (κ1) is 20.3. The van der Waals surface area contributed by atoms with E-state index in [0.717, 1.165) is 16.5 Å². The fourth-order valence-electron chi connectivity index (χ4n) is 2.44. The lowest BCUT2D eigenvalue weighted by atomic mass is 10.2. The van der Waals surface area contributed by atoms with Crippen LogP contribution in [0.2, 0.25) is 0 Å². The maximum atomic E-state index is 12.2. The zero-order valence-electron chi connectivity index (χ0n) is 15.5. The number of hydrogen-bond acceptors (Lipinski definition) is 4. The number of rotatable bonds is 8. The van der Waals surface area contributed by atoms with Gasteiger partial charge in [-0.25, -0.2) is 13.9 Å². The topological polar surface area (TPSA) is 84.5 Å². The van der Waals surface area contributed by atoms with Crippen LogP contribution in [0.25, 0.3) is 6.08 Å². The Morgan fingerprint density at radius 2 is 1.48 bits per heavy atom. The van der Waals surface area contributed by atoms with Gasteiger partial charge in [-0.05, 0) is 41.5 Å². The largest absolute Gasteiger partial charge is 0.280 e. The Balaban J connectivity index is 1.53. The lowest BCUT2D eigenvalue weighted by molar-refractivity contribution is 0.0233. The number of anilines is 1. The smallest absolute Gasteiger partial charge is 0.274 e. The predicted molar refractivity (Wildman–Crippen MR) is 113 cm³/mol. The van der Waals surface area contributed by atoms with Gasteiger partial charge in [0.15, 0.2) is 0 Å². The van der Waals surface area contributed by atoms with Crippen LogP contribution >= 0.6 is 0 Å². The summed E-state index contributed by atoms with van der Waals surface area (Å²) in [6.07, 6.45) is 1.51. The van der Waals surface area contributed by atoms with Crippen molar-refractivity contribution in [2.24, 2.45) is 0 Å². The minimum Gasteiger partial charge on any atom is -0.280 e. The summed E-state index contributed by atoms with van der Waals surface area (Å²) in [4.78, 5) is 17.3. The van der Waals surface area contributed by atoms with E-state index >= 15 is 0 Å². The highest BCUT2D eigenvalue weighted by Crippen LogP contribution is 2.13. The molecule has 3 rings (SSSR count). The van der Waals surface area contributed by atoms with E-state index in [0.29, 0.717) is 11.3 Å². The van der Waals surface area contributed by atoms with Gasteiger partial charge in [0, 0.05) is 11.3 Å². The molecule has 3 aromatic carbocycles. The Morgan fingerprint density at radius 1 is 0.862 bits per heavy atom. The number of sulfonamides is 1. The number of carbonyl (C=O) groups excluding carboxylic acids is 1. The molecule has 0 heterocycles. The molecule has 0 fully saturated rings. The zero-order valence-corrected chi connectivity index (χ0v) is 16.3. The summed E-state index contributed by atoms with van der Waals surface area (Å²) in [5, 5.41) is 1.10. The zero-order chi connectivity index (χ0) is 20.5. The van der Waals surface area contributed by atoms with E-state index in [4.69, 9.17) is 4.84 Å². The molecule has 3 aromatic rings. The summed E-state index contributed by atoms with van der Waals surface area (Å²) in [6, 6.07) is 24.6. The molecule has 0 atom stereocenters. The van der Waals surface area contributed by atoms with Crippen molar-refractivity contribution in [2.75, 3.05) is 4.72 Å². The second-order valence-corrected chi connectivity index (χ2v) is 7.71. The van der Waals surface area contributed by atoms with Gasteiger partial charge in [-0.15, -0.1) is 0 Å². The molecule has 0 aliphatic rings. The molecule has 0 aliphatic heterocycles. The van der Waals surface area contributed by atoms with Gasteiger partial charge in [0.2, 0.25) is 0 Å². The number of hydrogen-bond donors (Lipinski definition) is 2. The SMILES string of the molecule is O=C(NOCc1ccccc1)c1ccc(NS(=O)(=O)/C=C/c2ccccc2)cc1. The lowest BCUT2D eigenvalue weighted by Gasteiger charge is -2.08. The van der Waals surface area contributed by atoms with Crippen molar-refractivity contribution < 1.29 is 18.0 Å². The number of benzene rings is 3. The number of hydroxylamine groups is 1. The molecule has 148 valence electrons. The van der Waals surface area contributed by atoms with Crippen molar-refractivity contribution in [3.05, 3.63) is 107 Å². The van der Waals surface area contributed by atoms with Gasteiger partial charge in [0.05, 0.1) is 12.0 Å². The van der Waals surface area contributed by atoms with Crippen LogP contribution in [0, 0.1) is 0 Å². The lowest BCUT2D eigenvalue weighted by Crippen LogP contribution is -2.23. The Hall–Kier alpha value is -3.42. The first-order chi connectivity index (χ1) is 14.0. The van der Waals surface area contributed by atoms with Crippen molar-refractivity contribution in [3.63, 3.8) is 0 Å². The first-order valence-electron chi connectivity index (χ1n) is 8.84. The van der Waals surface area contributed by atoms with Gasteiger partial charge in [0.25, 0.3) is 15.9 Å². The average Bonchev–Trinajstić information content (AvgIpc) is 2.74. The summed E-state index contributed by atoms with van der Waals surface area (Å²) in [7, 11) is -3.67. The van der Waals surface area contributed by atoms with E-state index in [1.165, 1.54) is 30.3 Å². The average molecular weight is 408 g/mol. The molecule has 6 nitrogen and oxygen atoms in total. The normalized spacial score (nSPS) is 11.3. The highest BCUT2D eigenvalue weighted by Gasteiger charge is 2.09. The van der Waals surface area contributed by atoms with E-state index in [1.54, 1.807) is 12.1 Å². The second-order valence-electron chi connectivity index (χ2n) is 6.14. The summed E-state index contributed by atoms with van der Waals surface area (Å²) >= 11 is 0. The summed E-state index contributed by atoms with van der Waals surface area (Å²) in [6.45, 7) is 0.248. The van der Waals surface area contributed by atoms with Crippen LogP contribution in [0.15, 0.2) is 90.3 Å². The molecular formula is C22H20N2O4S. The Morgan fingerprint density at radius 3 is 2.14 bits per heavy atom. The minimum atomic E-state index is -3.67. The van der Waals surface area contributed by atoms with Crippen LogP contribution in [-0.2, 0) is 21.5 Å². The number of carbonyl (C=O) groups is 1. The second kappa shape index (κ2) is 9.68. The highest BCUT2D eigenvalue weighted by atomic mass is 32.2. The fourth-order valence-corrected chi connectivity index (χ4v) is 3.31. The molecule has 0 radical (unpaired) electrons. The van der Waals surface area contributed by atoms with E-state index in [1.807, 2.05) is 48.5 Å². The van der Waals surface area contributed by atoms with E-state index < -0.39 is 15.9 Å². The molecule has 0 bridgehead atoms. The number of amides is 1. The van der Waals surface area contributed by atoms with E-state index in [9.17, 15) is 13.2 Å². The molecule has 0 spiro atoms. The van der Waals surface area contributed by atoms with Crippen LogP contribution in [-0.4, -0.2) is 14.3 Å². The molecule has 2 N–H and O–H groups in total. The summed E-state index contributed by atoms with van der Waals surface area (Å²) in [5.41, 5.74) is 4.77. The number of nitrogens with one attached hydrogen (secondary N) is 2. The molecule has 29 heavy (non-hydrogen) atoms. The fraction of sp³-hybridized carbons (Fsp3) is 0.0455. The molecule has 0 saturated heterocycles. The predicted octanol–water partition coefficient (Wildman–Crippen LogP) is 3.96. The van der Waals surface area contributed by atoms with Crippen molar-refractivity contribution >= 4 is 27.7 Å². The summed E-state index contributed by atoms with van der Waals surface area (Å²) in [5.74, 6) is -0.417. The van der Waals surface area contributed by atoms with Crippen LogP contribution in [0.1, 0.15) is 21.5 Å². The Bertz CT molecular complexity index is 1060. The maximum Gasteiger partial charge on any atom is 0.274 e. The minimum absolute atomic E-state index is 0.248. The van der Waals surface area contributed by atoms with Crippen LogP contribution in [0.4, 0.5) is 5.69 Å². The van der Waals surface area contributed by atoms with Gasteiger partial charge in [-0.3, -0.25) is 14.4 Å². The monoisotopic (exact) mass is 408 g/mol. The third-order valence-electron chi connectivity index (χ3n) is 3.89. The molecule has 0 saturated carbocycles. The van der Waals surface area contributed by atoms with Crippen LogP contribution < -0.4 is 10.2 Å². The molecule has 7 heteroatoms. The van der Waals surface area contributed by atoms with Crippen LogP contribution in [0.3, 0.4) is 0 Å². The first-order valence-corrected chi connectivity index (χ1v) is 10.4. The Kier molecular flexibility index (Phi) is 6.78. The van der Waals surface area contributed by atoms with E-state index in [-0.39, 0.29) is 6.61 Å². The standard InChI is InChI=1S/C22H20N2O4S/c25-22(23-28-17-19-9-5-2-6-10-19)20-11-13-21(14-12-20)24-29(26,27)16-15-18-7-3-1-4-8-18/h1-16,24H,17H2,(H,23,25)/b16-15+.